The minimum Gasteiger partial charge on any atom is -0.377 e. The first-order valence-electron chi connectivity index (χ1n) is 9.27. The van der Waals surface area contributed by atoms with E-state index < -0.39 is 0 Å². The van der Waals surface area contributed by atoms with E-state index in [1.165, 1.54) is 38.5 Å². The quantitative estimate of drug-likeness (QED) is 0.656. The maximum absolute atomic E-state index is 6.44. The fourth-order valence-corrected chi connectivity index (χ4v) is 5.09. The zero-order valence-electron chi connectivity index (χ0n) is 14.4. The van der Waals surface area contributed by atoms with Gasteiger partial charge in [-0.25, -0.2) is 0 Å². The van der Waals surface area contributed by atoms with Crippen LogP contribution in [0, 0.1) is 0 Å². The molecule has 0 bridgehead atoms. The molecule has 0 radical (unpaired) electrons. The number of hydrogen-bond acceptors (Lipinski definition) is 4. The van der Waals surface area contributed by atoms with E-state index >= 15 is 0 Å². The normalized spacial score (nSPS) is 21.7. The Kier molecular flexibility index (Phi) is 5.63. The first kappa shape index (κ1) is 17.4. The van der Waals surface area contributed by atoms with Crippen molar-refractivity contribution in [3.05, 3.63) is 29.3 Å². The molecule has 0 N–H and O–H groups in total. The third-order valence-corrected chi connectivity index (χ3v) is 6.55. The summed E-state index contributed by atoms with van der Waals surface area (Å²) >= 11 is 8.22. The van der Waals surface area contributed by atoms with Gasteiger partial charge in [0, 0.05) is 24.0 Å². The van der Waals surface area contributed by atoms with E-state index in [-0.39, 0.29) is 0 Å². The average molecular weight is 378 g/mol. The predicted octanol–water partition coefficient (Wildman–Crippen LogP) is 5.37. The number of benzene rings is 1. The maximum Gasteiger partial charge on any atom is 0.191 e. The van der Waals surface area contributed by atoms with Crippen LogP contribution in [0.3, 0.4) is 0 Å². The van der Waals surface area contributed by atoms with E-state index in [2.05, 4.69) is 14.8 Å². The minimum atomic E-state index is 0.344. The molecule has 2 fully saturated rings. The van der Waals surface area contributed by atoms with Gasteiger partial charge in [0.25, 0.3) is 0 Å². The van der Waals surface area contributed by atoms with Crippen molar-refractivity contribution >= 4 is 23.4 Å². The topological polar surface area (TPSA) is 39.9 Å². The SMILES string of the molecule is Clc1ccccc1-c1nnc(SCC2CCCCO2)n1C1CCCC1. The highest BCUT2D eigenvalue weighted by atomic mass is 35.5. The molecular weight excluding hydrogens is 354 g/mol. The van der Waals surface area contributed by atoms with Crippen LogP contribution < -0.4 is 0 Å². The number of nitrogens with zero attached hydrogens (tertiary/aromatic N) is 3. The van der Waals surface area contributed by atoms with Crippen molar-refractivity contribution < 1.29 is 4.74 Å². The largest absolute Gasteiger partial charge is 0.377 e. The summed E-state index contributed by atoms with van der Waals surface area (Å²) in [7, 11) is 0. The van der Waals surface area contributed by atoms with Gasteiger partial charge in [0.2, 0.25) is 0 Å². The fraction of sp³-hybridized carbons (Fsp3) is 0.579. The summed E-state index contributed by atoms with van der Waals surface area (Å²) in [4.78, 5) is 0. The Morgan fingerprint density at radius 1 is 1.08 bits per heavy atom. The number of ether oxygens (including phenoxy) is 1. The van der Waals surface area contributed by atoms with Crippen molar-refractivity contribution in [2.75, 3.05) is 12.4 Å². The van der Waals surface area contributed by atoms with Gasteiger partial charge >= 0.3 is 0 Å². The van der Waals surface area contributed by atoms with Crippen molar-refractivity contribution in [2.24, 2.45) is 0 Å². The zero-order chi connectivity index (χ0) is 17.1. The third-order valence-electron chi connectivity index (χ3n) is 5.14. The van der Waals surface area contributed by atoms with Gasteiger partial charge in [0.15, 0.2) is 11.0 Å². The Morgan fingerprint density at radius 3 is 2.64 bits per heavy atom. The minimum absolute atomic E-state index is 0.344. The van der Waals surface area contributed by atoms with E-state index in [1.807, 2.05) is 24.3 Å². The first-order valence-corrected chi connectivity index (χ1v) is 10.6. The van der Waals surface area contributed by atoms with Crippen molar-refractivity contribution in [1.29, 1.82) is 0 Å². The number of aromatic nitrogens is 3. The standard InChI is InChI=1S/C19H24ClN3OS/c20-17-11-4-3-10-16(17)18-21-22-19(23(18)14-7-1-2-8-14)25-13-15-9-5-6-12-24-15/h3-4,10-11,14-15H,1-2,5-9,12-13H2. The van der Waals surface area contributed by atoms with Gasteiger partial charge < -0.3 is 4.74 Å². The molecule has 1 aliphatic heterocycles. The number of hydrogen-bond donors (Lipinski definition) is 0. The summed E-state index contributed by atoms with van der Waals surface area (Å²) in [6.45, 7) is 0.894. The Labute approximate surface area is 158 Å². The number of rotatable bonds is 5. The molecule has 1 aromatic heterocycles. The molecule has 2 heterocycles. The molecule has 1 saturated carbocycles. The monoisotopic (exact) mass is 377 g/mol. The van der Waals surface area contributed by atoms with E-state index in [1.54, 1.807) is 11.8 Å². The van der Waals surface area contributed by atoms with Crippen LogP contribution in [-0.4, -0.2) is 33.2 Å². The van der Waals surface area contributed by atoms with E-state index in [0.29, 0.717) is 12.1 Å². The predicted molar refractivity (Wildman–Crippen MR) is 102 cm³/mol. The molecule has 6 heteroatoms. The average Bonchev–Trinajstić information content (AvgIpc) is 3.30. The lowest BCUT2D eigenvalue weighted by Gasteiger charge is -2.22. The fourth-order valence-electron chi connectivity index (χ4n) is 3.80. The lowest BCUT2D eigenvalue weighted by atomic mass is 10.1. The van der Waals surface area contributed by atoms with Crippen LogP contribution >= 0.6 is 23.4 Å². The van der Waals surface area contributed by atoms with E-state index in [0.717, 1.165) is 40.3 Å². The Hall–Kier alpha value is -1.04. The summed E-state index contributed by atoms with van der Waals surface area (Å²) in [6, 6.07) is 8.41. The van der Waals surface area contributed by atoms with Crippen LogP contribution in [0.1, 0.15) is 51.0 Å². The zero-order valence-corrected chi connectivity index (χ0v) is 15.9. The van der Waals surface area contributed by atoms with Crippen molar-refractivity contribution in [3.8, 4) is 11.4 Å². The molecule has 2 aliphatic rings. The molecule has 4 nitrogen and oxygen atoms in total. The van der Waals surface area contributed by atoms with Gasteiger partial charge in [0.05, 0.1) is 11.1 Å². The van der Waals surface area contributed by atoms with Crippen molar-refractivity contribution in [3.63, 3.8) is 0 Å². The summed E-state index contributed by atoms with van der Waals surface area (Å²) in [5, 5.41) is 10.8. The summed E-state index contributed by atoms with van der Waals surface area (Å²) in [6.07, 6.45) is 8.91. The molecule has 1 aromatic carbocycles. The third kappa shape index (κ3) is 3.88. The highest BCUT2D eigenvalue weighted by molar-refractivity contribution is 7.99. The second-order valence-electron chi connectivity index (χ2n) is 6.89. The number of halogens is 1. The van der Waals surface area contributed by atoms with Crippen LogP contribution in [0.2, 0.25) is 5.02 Å². The van der Waals surface area contributed by atoms with Crippen molar-refractivity contribution in [1.82, 2.24) is 14.8 Å². The lowest BCUT2D eigenvalue weighted by Crippen LogP contribution is -2.21. The second-order valence-corrected chi connectivity index (χ2v) is 8.29. The number of thioether (sulfide) groups is 1. The molecule has 1 atom stereocenters. The van der Waals surface area contributed by atoms with Crippen LogP contribution in [0.25, 0.3) is 11.4 Å². The van der Waals surface area contributed by atoms with Crippen LogP contribution in [-0.2, 0) is 4.74 Å². The lowest BCUT2D eigenvalue weighted by molar-refractivity contribution is 0.0315. The van der Waals surface area contributed by atoms with E-state index in [4.69, 9.17) is 16.3 Å². The van der Waals surface area contributed by atoms with Gasteiger partial charge in [-0.05, 0) is 44.2 Å². The van der Waals surface area contributed by atoms with Gasteiger partial charge in [-0.2, -0.15) is 0 Å². The molecule has 25 heavy (non-hydrogen) atoms. The summed E-state index contributed by atoms with van der Waals surface area (Å²) < 4.78 is 8.21. The molecule has 4 rings (SSSR count). The highest BCUT2D eigenvalue weighted by Gasteiger charge is 2.26. The Morgan fingerprint density at radius 2 is 1.88 bits per heavy atom. The summed E-state index contributed by atoms with van der Waals surface area (Å²) in [5.74, 6) is 1.86. The van der Waals surface area contributed by atoms with Crippen LogP contribution in [0.4, 0.5) is 0 Å². The molecule has 0 amide bonds. The van der Waals surface area contributed by atoms with Gasteiger partial charge in [0.1, 0.15) is 0 Å². The molecule has 0 spiro atoms. The van der Waals surface area contributed by atoms with Crippen LogP contribution in [0.15, 0.2) is 29.4 Å². The van der Waals surface area contributed by atoms with Crippen LogP contribution in [0.5, 0.6) is 0 Å². The molecule has 1 saturated heterocycles. The van der Waals surface area contributed by atoms with E-state index in [9.17, 15) is 0 Å². The van der Waals surface area contributed by atoms with Gasteiger partial charge in [-0.1, -0.05) is 48.3 Å². The molecule has 2 aromatic rings. The molecule has 1 aliphatic carbocycles. The second kappa shape index (κ2) is 8.11. The smallest absolute Gasteiger partial charge is 0.191 e. The summed E-state index contributed by atoms with van der Waals surface area (Å²) in [5.41, 5.74) is 0.976. The molecule has 134 valence electrons. The van der Waals surface area contributed by atoms with Gasteiger partial charge in [-0.3, -0.25) is 4.57 Å². The van der Waals surface area contributed by atoms with Gasteiger partial charge in [-0.15, -0.1) is 10.2 Å². The van der Waals surface area contributed by atoms with Crippen molar-refractivity contribution in [2.45, 2.75) is 62.2 Å². The first-order chi connectivity index (χ1) is 12.3. The molecule has 1 unspecified atom stereocenters. The Balaban J connectivity index is 1.61. The maximum atomic E-state index is 6.44. The molecular formula is C19H24ClN3OS. The Bertz CT molecular complexity index is 708. The highest BCUT2D eigenvalue weighted by Crippen LogP contribution is 2.38.